The fourth-order valence-electron chi connectivity index (χ4n) is 2.43. The zero-order chi connectivity index (χ0) is 9.97. The molecule has 0 aliphatic heterocycles. The summed E-state index contributed by atoms with van der Waals surface area (Å²) < 4.78 is 0. The third kappa shape index (κ3) is 2.56. The van der Waals surface area contributed by atoms with E-state index in [4.69, 9.17) is 0 Å². The van der Waals surface area contributed by atoms with E-state index < -0.39 is 0 Å². The Hall–Kier alpha value is -0.470. The predicted molar refractivity (Wildman–Crippen MR) is 69.2 cm³/mol. The van der Waals surface area contributed by atoms with Gasteiger partial charge in [0, 0.05) is 4.90 Å². The molecule has 0 radical (unpaired) electrons. The molecule has 84 valence electrons. The summed E-state index contributed by atoms with van der Waals surface area (Å²) in [5.74, 6) is 0.825. The lowest BCUT2D eigenvalue weighted by molar-refractivity contribution is 0.538. The van der Waals surface area contributed by atoms with Crippen molar-refractivity contribution in [2.24, 2.45) is 0 Å². The highest BCUT2D eigenvalue weighted by Crippen LogP contribution is 2.35. The van der Waals surface area contributed by atoms with Crippen LogP contribution in [-0.2, 0) is 6.42 Å². The fourth-order valence-corrected chi connectivity index (χ4v) is 2.88. The van der Waals surface area contributed by atoms with Gasteiger partial charge in [-0.25, -0.2) is 0 Å². The maximum Gasteiger partial charge on any atom is 0.00721 e. The SMILES string of the molecule is CCC1CCCc2ccc(SC)cc21.N. The zero-order valence-electron chi connectivity index (χ0n) is 9.75. The van der Waals surface area contributed by atoms with Gasteiger partial charge in [-0.15, -0.1) is 11.8 Å². The van der Waals surface area contributed by atoms with E-state index in [9.17, 15) is 0 Å². The van der Waals surface area contributed by atoms with Crippen molar-refractivity contribution in [3.8, 4) is 0 Å². The molecule has 0 saturated heterocycles. The van der Waals surface area contributed by atoms with Gasteiger partial charge in [-0.3, -0.25) is 0 Å². The van der Waals surface area contributed by atoms with E-state index in [1.807, 2.05) is 11.8 Å². The summed E-state index contributed by atoms with van der Waals surface area (Å²) in [6.07, 6.45) is 7.52. The number of aryl methyl sites for hydroxylation is 1. The summed E-state index contributed by atoms with van der Waals surface area (Å²) in [5, 5.41) is 0. The topological polar surface area (TPSA) is 35.0 Å². The van der Waals surface area contributed by atoms with Crippen LogP contribution in [-0.4, -0.2) is 6.26 Å². The average molecular weight is 223 g/mol. The molecule has 0 bridgehead atoms. The predicted octanol–water partition coefficient (Wildman–Crippen LogP) is 4.40. The van der Waals surface area contributed by atoms with Gasteiger partial charge in [0.2, 0.25) is 0 Å². The van der Waals surface area contributed by atoms with Gasteiger partial charge in [-0.05, 0) is 61.1 Å². The van der Waals surface area contributed by atoms with Crippen LogP contribution in [0.3, 0.4) is 0 Å². The minimum atomic E-state index is 0. The van der Waals surface area contributed by atoms with Gasteiger partial charge in [0.05, 0.1) is 0 Å². The maximum atomic E-state index is 2.41. The molecule has 0 fully saturated rings. The monoisotopic (exact) mass is 223 g/mol. The number of hydrogen-bond donors (Lipinski definition) is 1. The zero-order valence-corrected chi connectivity index (χ0v) is 10.6. The number of rotatable bonds is 2. The number of fused-ring (bicyclic) bond motifs is 1. The van der Waals surface area contributed by atoms with Crippen molar-refractivity contribution < 1.29 is 0 Å². The molecule has 1 nitrogen and oxygen atoms in total. The first-order valence-electron chi connectivity index (χ1n) is 5.52. The summed E-state index contributed by atoms with van der Waals surface area (Å²) in [7, 11) is 0. The molecule has 2 heteroatoms. The number of thioether (sulfide) groups is 1. The molecular formula is C13H21NS. The van der Waals surface area contributed by atoms with Crippen LogP contribution in [0.5, 0.6) is 0 Å². The van der Waals surface area contributed by atoms with Crippen molar-refractivity contribution in [1.82, 2.24) is 6.15 Å². The van der Waals surface area contributed by atoms with E-state index >= 15 is 0 Å². The molecule has 1 unspecified atom stereocenters. The minimum Gasteiger partial charge on any atom is -0.344 e. The van der Waals surface area contributed by atoms with Crippen molar-refractivity contribution in [2.45, 2.75) is 43.4 Å². The third-order valence-electron chi connectivity index (χ3n) is 3.28. The lowest BCUT2D eigenvalue weighted by Gasteiger charge is -2.24. The van der Waals surface area contributed by atoms with Crippen LogP contribution in [0.25, 0.3) is 0 Å². The molecule has 1 atom stereocenters. The average Bonchev–Trinajstić information content (AvgIpc) is 2.27. The Labute approximate surface area is 97.2 Å². The molecule has 1 aliphatic carbocycles. The molecule has 1 aromatic carbocycles. The van der Waals surface area contributed by atoms with Crippen LogP contribution in [0.2, 0.25) is 0 Å². The fraction of sp³-hybridized carbons (Fsp3) is 0.538. The second kappa shape index (κ2) is 5.57. The highest BCUT2D eigenvalue weighted by Gasteiger charge is 2.18. The Morgan fingerprint density at radius 2 is 2.20 bits per heavy atom. The van der Waals surface area contributed by atoms with Crippen LogP contribution in [0.15, 0.2) is 23.1 Å². The Balaban J connectivity index is 0.00000112. The standard InChI is InChI=1S/C13H18S.H3N/c1-3-10-5-4-6-11-7-8-12(14-2)9-13(10)11;/h7-10H,3-6H2,1-2H3;1H3. The molecule has 3 N–H and O–H groups in total. The summed E-state index contributed by atoms with van der Waals surface area (Å²) in [6, 6.07) is 7.01. The van der Waals surface area contributed by atoms with Crippen molar-refractivity contribution in [2.75, 3.05) is 6.26 Å². The van der Waals surface area contributed by atoms with Gasteiger partial charge < -0.3 is 6.15 Å². The van der Waals surface area contributed by atoms with Crippen LogP contribution in [0.1, 0.15) is 43.2 Å². The minimum absolute atomic E-state index is 0. The summed E-state index contributed by atoms with van der Waals surface area (Å²) >= 11 is 1.85. The second-order valence-corrected chi connectivity index (χ2v) is 4.94. The van der Waals surface area contributed by atoms with Gasteiger partial charge in [-0.1, -0.05) is 13.0 Å². The molecular weight excluding hydrogens is 202 g/mol. The van der Waals surface area contributed by atoms with E-state index in [-0.39, 0.29) is 6.15 Å². The van der Waals surface area contributed by atoms with Crippen LogP contribution in [0.4, 0.5) is 0 Å². The Kier molecular flexibility index (Phi) is 4.68. The van der Waals surface area contributed by atoms with E-state index in [0.717, 1.165) is 5.92 Å². The highest BCUT2D eigenvalue weighted by molar-refractivity contribution is 7.98. The van der Waals surface area contributed by atoms with Crippen LogP contribution in [0, 0.1) is 0 Å². The number of hydrogen-bond acceptors (Lipinski definition) is 2. The molecule has 0 amide bonds. The van der Waals surface area contributed by atoms with Gasteiger partial charge >= 0.3 is 0 Å². The van der Waals surface area contributed by atoms with Gasteiger partial charge in [0.25, 0.3) is 0 Å². The first kappa shape index (κ1) is 12.6. The molecule has 1 aliphatic rings. The normalized spacial score (nSPS) is 19.2. The Morgan fingerprint density at radius 3 is 2.87 bits per heavy atom. The smallest absolute Gasteiger partial charge is 0.00721 e. The quantitative estimate of drug-likeness (QED) is 0.754. The Bertz CT molecular complexity index is 322. The lowest BCUT2D eigenvalue weighted by atomic mass is 9.81. The maximum absolute atomic E-state index is 2.41. The molecule has 0 spiro atoms. The van der Waals surface area contributed by atoms with Crippen LogP contribution >= 0.6 is 11.8 Å². The van der Waals surface area contributed by atoms with Crippen LogP contribution < -0.4 is 6.15 Å². The molecule has 0 heterocycles. The number of benzene rings is 1. The summed E-state index contributed by atoms with van der Waals surface area (Å²) in [6.45, 7) is 2.31. The molecule has 15 heavy (non-hydrogen) atoms. The van der Waals surface area contributed by atoms with Crippen molar-refractivity contribution in [3.05, 3.63) is 29.3 Å². The second-order valence-electron chi connectivity index (χ2n) is 4.06. The highest BCUT2D eigenvalue weighted by atomic mass is 32.2. The van der Waals surface area contributed by atoms with Gasteiger partial charge in [-0.2, -0.15) is 0 Å². The Morgan fingerprint density at radius 1 is 1.40 bits per heavy atom. The van der Waals surface area contributed by atoms with Crippen molar-refractivity contribution >= 4 is 11.8 Å². The molecule has 2 rings (SSSR count). The van der Waals surface area contributed by atoms with E-state index in [0.29, 0.717) is 0 Å². The van der Waals surface area contributed by atoms with E-state index in [1.54, 1.807) is 11.1 Å². The largest absolute Gasteiger partial charge is 0.344 e. The molecule has 1 aromatic rings. The van der Waals surface area contributed by atoms with Crippen molar-refractivity contribution in [3.63, 3.8) is 0 Å². The summed E-state index contributed by atoms with van der Waals surface area (Å²) in [5.41, 5.74) is 3.23. The van der Waals surface area contributed by atoms with Gasteiger partial charge in [0.1, 0.15) is 0 Å². The third-order valence-corrected chi connectivity index (χ3v) is 4.01. The first-order chi connectivity index (χ1) is 6.85. The molecule has 0 saturated carbocycles. The van der Waals surface area contributed by atoms with E-state index in [2.05, 4.69) is 31.4 Å². The molecule has 0 aromatic heterocycles. The first-order valence-corrected chi connectivity index (χ1v) is 6.74. The van der Waals surface area contributed by atoms with Crippen molar-refractivity contribution in [1.29, 1.82) is 0 Å². The van der Waals surface area contributed by atoms with Gasteiger partial charge in [0.15, 0.2) is 0 Å². The lowest BCUT2D eigenvalue weighted by Crippen LogP contribution is -2.08. The van der Waals surface area contributed by atoms with E-state index in [1.165, 1.54) is 30.6 Å². The summed E-state index contributed by atoms with van der Waals surface area (Å²) in [4.78, 5) is 1.42.